The molecule has 1 amide bonds. The van der Waals surface area contributed by atoms with E-state index in [9.17, 15) is 9.18 Å². The van der Waals surface area contributed by atoms with Crippen LogP contribution in [0.1, 0.15) is 35.2 Å². The Bertz CT molecular complexity index is 987. The summed E-state index contributed by atoms with van der Waals surface area (Å²) in [5, 5.41) is 2.82. The van der Waals surface area contributed by atoms with Gasteiger partial charge in [0.05, 0.1) is 0 Å². The summed E-state index contributed by atoms with van der Waals surface area (Å²) in [6, 6.07) is 12.9. The maximum Gasteiger partial charge on any atom is 0.263 e. The second-order valence-corrected chi connectivity index (χ2v) is 7.17. The summed E-state index contributed by atoms with van der Waals surface area (Å²) in [4.78, 5) is 23.4. The Balaban J connectivity index is 1.39. The maximum atomic E-state index is 13.0. The van der Waals surface area contributed by atoms with E-state index in [2.05, 4.69) is 20.2 Å². The van der Waals surface area contributed by atoms with E-state index in [1.54, 1.807) is 48.8 Å². The fourth-order valence-corrected chi connectivity index (χ4v) is 3.39. The van der Waals surface area contributed by atoms with Crippen LogP contribution in [0.5, 0.6) is 11.6 Å². The van der Waals surface area contributed by atoms with Crippen molar-refractivity contribution in [2.24, 2.45) is 0 Å². The lowest BCUT2D eigenvalue weighted by Gasteiger charge is -2.28. The van der Waals surface area contributed by atoms with Crippen LogP contribution in [0.15, 0.2) is 60.9 Å². The fourth-order valence-electron chi connectivity index (χ4n) is 3.39. The molecule has 1 aromatic heterocycles. The average Bonchev–Trinajstić information content (AvgIpc) is 2.80. The SMILES string of the molecule is O=C(NCc1ccc(F)cc1)c1ccc(Oc2nccnc2N2CCCCC2)cc1. The first-order valence-corrected chi connectivity index (χ1v) is 10.1. The first-order valence-electron chi connectivity index (χ1n) is 10.1. The molecule has 0 saturated carbocycles. The molecule has 3 aromatic rings. The minimum absolute atomic E-state index is 0.209. The van der Waals surface area contributed by atoms with Crippen molar-refractivity contribution in [3.05, 3.63) is 77.9 Å². The second-order valence-electron chi connectivity index (χ2n) is 7.17. The van der Waals surface area contributed by atoms with Crippen molar-refractivity contribution < 1.29 is 13.9 Å². The summed E-state index contributed by atoms with van der Waals surface area (Å²) in [6.07, 6.45) is 6.79. The lowest BCUT2D eigenvalue weighted by atomic mass is 10.1. The minimum Gasteiger partial charge on any atom is -0.436 e. The molecule has 154 valence electrons. The van der Waals surface area contributed by atoms with E-state index in [0.29, 0.717) is 23.7 Å². The highest BCUT2D eigenvalue weighted by molar-refractivity contribution is 5.94. The van der Waals surface area contributed by atoms with Crippen LogP contribution in [0.4, 0.5) is 10.2 Å². The molecule has 0 unspecified atom stereocenters. The number of hydrogen-bond donors (Lipinski definition) is 1. The van der Waals surface area contributed by atoms with E-state index in [4.69, 9.17) is 4.74 Å². The third-order valence-electron chi connectivity index (χ3n) is 5.00. The molecule has 1 aliphatic rings. The Morgan fingerprint density at radius 2 is 1.67 bits per heavy atom. The van der Waals surface area contributed by atoms with Gasteiger partial charge < -0.3 is 15.0 Å². The molecule has 0 spiro atoms. The van der Waals surface area contributed by atoms with Gasteiger partial charge in [0.15, 0.2) is 5.82 Å². The summed E-state index contributed by atoms with van der Waals surface area (Å²) in [6.45, 7) is 2.22. The number of ether oxygens (including phenoxy) is 1. The summed E-state index contributed by atoms with van der Waals surface area (Å²) in [5.74, 6) is 1.29. The Morgan fingerprint density at radius 3 is 2.40 bits per heavy atom. The molecule has 0 bridgehead atoms. The van der Waals surface area contributed by atoms with Crippen LogP contribution < -0.4 is 15.0 Å². The Morgan fingerprint density at radius 1 is 0.967 bits per heavy atom. The van der Waals surface area contributed by atoms with Gasteiger partial charge in [-0.05, 0) is 61.2 Å². The van der Waals surface area contributed by atoms with E-state index in [-0.39, 0.29) is 11.7 Å². The minimum atomic E-state index is -0.299. The van der Waals surface area contributed by atoms with Crippen LogP contribution in [0.2, 0.25) is 0 Å². The maximum absolute atomic E-state index is 13.0. The normalized spacial score (nSPS) is 13.7. The first kappa shape index (κ1) is 19.8. The molecule has 6 nitrogen and oxygen atoms in total. The number of anilines is 1. The van der Waals surface area contributed by atoms with Crippen molar-refractivity contribution in [3.63, 3.8) is 0 Å². The monoisotopic (exact) mass is 406 g/mol. The van der Waals surface area contributed by atoms with Crippen molar-refractivity contribution >= 4 is 11.7 Å². The van der Waals surface area contributed by atoms with Crippen molar-refractivity contribution in [2.45, 2.75) is 25.8 Å². The fraction of sp³-hybridized carbons (Fsp3) is 0.261. The van der Waals surface area contributed by atoms with Gasteiger partial charge >= 0.3 is 0 Å². The third-order valence-corrected chi connectivity index (χ3v) is 5.00. The van der Waals surface area contributed by atoms with E-state index >= 15 is 0 Å². The average molecular weight is 406 g/mol. The van der Waals surface area contributed by atoms with Gasteiger partial charge in [-0.1, -0.05) is 12.1 Å². The molecular formula is C23H23FN4O2. The molecule has 2 aromatic carbocycles. The number of benzene rings is 2. The van der Waals surface area contributed by atoms with Gasteiger partial charge in [0.1, 0.15) is 11.6 Å². The zero-order valence-corrected chi connectivity index (χ0v) is 16.6. The number of carbonyl (C=O) groups excluding carboxylic acids is 1. The van der Waals surface area contributed by atoms with Gasteiger partial charge in [-0.2, -0.15) is 0 Å². The van der Waals surface area contributed by atoms with Gasteiger partial charge in [-0.25, -0.2) is 14.4 Å². The number of carbonyl (C=O) groups is 1. The van der Waals surface area contributed by atoms with Crippen LogP contribution in [0.3, 0.4) is 0 Å². The number of hydrogen-bond acceptors (Lipinski definition) is 5. The summed E-state index contributed by atoms with van der Waals surface area (Å²) in [5.41, 5.74) is 1.34. The van der Waals surface area contributed by atoms with Gasteiger partial charge in [-0.3, -0.25) is 4.79 Å². The number of amides is 1. The predicted molar refractivity (Wildman–Crippen MR) is 112 cm³/mol. The zero-order chi connectivity index (χ0) is 20.8. The molecule has 0 radical (unpaired) electrons. The standard InChI is InChI=1S/C23H23FN4O2/c24-19-8-4-17(5-9-19)16-27-22(29)18-6-10-20(11-7-18)30-23-21(25-12-13-26-23)28-14-2-1-3-15-28/h4-13H,1-3,14-16H2,(H,27,29). The molecule has 0 atom stereocenters. The van der Waals surface area contributed by atoms with E-state index in [0.717, 1.165) is 37.3 Å². The van der Waals surface area contributed by atoms with E-state index in [1.807, 2.05) is 0 Å². The van der Waals surface area contributed by atoms with Gasteiger partial charge in [0.25, 0.3) is 11.8 Å². The lowest BCUT2D eigenvalue weighted by molar-refractivity contribution is 0.0951. The van der Waals surface area contributed by atoms with Crippen molar-refractivity contribution in [1.29, 1.82) is 0 Å². The van der Waals surface area contributed by atoms with Crippen molar-refractivity contribution in [3.8, 4) is 11.6 Å². The second kappa shape index (κ2) is 9.35. The quantitative estimate of drug-likeness (QED) is 0.660. The lowest BCUT2D eigenvalue weighted by Crippen LogP contribution is -2.30. The van der Waals surface area contributed by atoms with Crippen molar-refractivity contribution in [1.82, 2.24) is 15.3 Å². The molecule has 1 saturated heterocycles. The molecule has 0 aliphatic carbocycles. The highest BCUT2D eigenvalue weighted by Crippen LogP contribution is 2.29. The van der Waals surface area contributed by atoms with Crippen LogP contribution in [0, 0.1) is 5.82 Å². The third kappa shape index (κ3) is 4.92. The highest BCUT2D eigenvalue weighted by atomic mass is 19.1. The number of nitrogens with zero attached hydrogens (tertiary/aromatic N) is 3. The van der Waals surface area contributed by atoms with Crippen molar-refractivity contribution in [2.75, 3.05) is 18.0 Å². The molecule has 1 fully saturated rings. The first-order chi connectivity index (χ1) is 14.7. The highest BCUT2D eigenvalue weighted by Gasteiger charge is 2.18. The summed E-state index contributed by atoms with van der Waals surface area (Å²) < 4.78 is 18.9. The summed E-state index contributed by atoms with van der Waals surface area (Å²) >= 11 is 0. The van der Waals surface area contributed by atoms with Crippen LogP contribution in [0.25, 0.3) is 0 Å². The Kier molecular flexibility index (Phi) is 6.17. The molecule has 1 aliphatic heterocycles. The van der Waals surface area contributed by atoms with Crippen LogP contribution in [-0.4, -0.2) is 29.0 Å². The topological polar surface area (TPSA) is 67.3 Å². The zero-order valence-electron chi connectivity index (χ0n) is 16.6. The van der Waals surface area contributed by atoms with Gasteiger partial charge in [-0.15, -0.1) is 0 Å². The number of piperidine rings is 1. The molecule has 7 heteroatoms. The number of aromatic nitrogens is 2. The van der Waals surface area contributed by atoms with E-state index < -0.39 is 0 Å². The summed E-state index contributed by atoms with van der Waals surface area (Å²) in [7, 11) is 0. The largest absolute Gasteiger partial charge is 0.436 e. The molecule has 4 rings (SSSR count). The van der Waals surface area contributed by atoms with Gasteiger partial charge in [0.2, 0.25) is 0 Å². The van der Waals surface area contributed by atoms with Crippen LogP contribution in [-0.2, 0) is 6.54 Å². The molecule has 1 N–H and O–H groups in total. The Labute approximate surface area is 174 Å². The smallest absolute Gasteiger partial charge is 0.263 e. The molecule has 30 heavy (non-hydrogen) atoms. The molecular weight excluding hydrogens is 383 g/mol. The van der Waals surface area contributed by atoms with E-state index in [1.165, 1.54) is 18.6 Å². The molecule has 2 heterocycles. The van der Waals surface area contributed by atoms with Crippen LogP contribution >= 0.6 is 0 Å². The number of halogens is 1. The predicted octanol–water partition coefficient (Wildman–Crippen LogP) is 4.33. The Hall–Kier alpha value is -3.48. The number of nitrogens with one attached hydrogen (secondary N) is 1. The number of rotatable bonds is 6. The van der Waals surface area contributed by atoms with Gasteiger partial charge in [0, 0.05) is 37.6 Å².